The molecule has 0 bridgehead atoms. The molecule has 4 rings (SSSR count). The Hall–Kier alpha value is -3.84. The molecule has 2 N–H and O–H groups in total. The number of aliphatic hydroxyl groups is 1. The van der Waals surface area contributed by atoms with Crippen LogP contribution < -0.4 is 14.8 Å². The van der Waals surface area contributed by atoms with Crippen LogP contribution in [0.1, 0.15) is 116 Å². The van der Waals surface area contributed by atoms with E-state index >= 15 is 0 Å². The second kappa shape index (κ2) is 22.3. The van der Waals surface area contributed by atoms with Crippen LogP contribution in [0.3, 0.4) is 0 Å². The van der Waals surface area contributed by atoms with Crippen LogP contribution >= 0.6 is 11.6 Å². The standard InChI is InChI=1S/C45H58ClNO5/c1-4-5-6-7-8-9-10-11-12-13-19-29-52-43-34-37(33-35(2)36(43)3)44(48)47-28-30-50-31-32-51-40-26-24-39(25-27-40)45(49,38-20-15-14-16-21-38)41-22-17-18-23-42(41)46/h14-18,20-27,33-34,49H,4-13,19,28-32H2,1-3H3,(H,47,48). The largest absolute Gasteiger partial charge is 0.493 e. The molecule has 0 radical (unpaired) electrons. The number of carbonyl (C=O) groups is 1. The molecule has 0 saturated carbocycles. The van der Waals surface area contributed by atoms with E-state index < -0.39 is 5.60 Å². The lowest BCUT2D eigenvalue weighted by molar-refractivity contribution is 0.0866. The summed E-state index contributed by atoms with van der Waals surface area (Å²) in [6.07, 6.45) is 14.3. The second-order valence-corrected chi connectivity index (χ2v) is 14.0. The Kier molecular flexibility index (Phi) is 17.5. The first-order valence-electron chi connectivity index (χ1n) is 19.2. The maximum atomic E-state index is 12.9. The van der Waals surface area contributed by atoms with Gasteiger partial charge in [-0.25, -0.2) is 0 Å². The first-order valence-corrected chi connectivity index (χ1v) is 19.6. The molecule has 280 valence electrons. The predicted molar refractivity (Wildman–Crippen MR) is 213 cm³/mol. The van der Waals surface area contributed by atoms with Crippen molar-refractivity contribution in [2.75, 3.05) is 33.0 Å². The number of amides is 1. The topological polar surface area (TPSA) is 77.0 Å². The van der Waals surface area contributed by atoms with Crippen LogP contribution in [0.25, 0.3) is 0 Å². The van der Waals surface area contributed by atoms with Gasteiger partial charge in [0.15, 0.2) is 0 Å². The lowest BCUT2D eigenvalue weighted by Crippen LogP contribution is -2.29. The molecule has 7 heteroatoms. The number of carbonyl (C=O) groups excluding carboxylic acids is 1. The Bertz CT molecular complexity index is 1630. The first kappa shape index (κ1) is 40.9. The summed E-state index contributed by atoms with van der Waals surface area (Å²) < 4.78 is 17.7. The minimum Gasteiger partial charge on any atom is -0.493 e. The zero-order valence-electron chi connectivity index (χ0n) is 31.4. The maximum absolute atomic E-state index is 12.9. The maximum Gasteiger partial charge on any atom is 0.251 e. The normalized spacial score (nSPS) is 12.3. The highest BCUT2D eigenvalue weighted by molar-refractivity contribution is 6.31. The van der Waals surface area contributed by atoms with E-state index in [1.165, 1.54) is 64.2 Å². The number of nitrogens with one attached hydrogen (secondary N) is 1. The third kappa shape index (κ3) is 12.4. The van der Waals surface area contributed by atoms with E-state index in [0.717, 1.165) is 28.9 Å². The quantitative estimate of drug-likeness (QED) is 0.0555. The first-order chi connectivity index (χ1) is 25.3. The third-order valence-electron chi connectivity index (χ3n) is 9.64. The Morgan fingerprint density at radius 1 is 0.692 bits per heavy atom. The van der Waals surface area contributed by atoms with Gasteiger partial charge < -0.3 is 24.6 Å². The molecule has 0 fully saturated rings. The molecule has 4 aromatic carbocycles. The van der Waals surface area contributed by atoms with Gasteiger partial charge in [0.05, 0.1) is 19.8 Å². The number of hydrogen-bond donors (Lipinski definition) is 2. The van der Waals surface area contributed by atoms with E-state index in [0.29, 0.717) is 60.4 Å². The highest BCUT2D eigenvalue weighted by atomic mass is 35.5. The second-order valence-electron chi connectivity index (χ2n) is 13.6. The van der Waals surface area contributed by atoms with Crippen molar-refractivity contribution >= 4 is 17.5 Å². The van der Waals surface area contributed by atoms with Gasteiger partial charge in [-0.15, -0.1) is 0 Å². The molecule has 0 spiro atoms. The minimum absolute atomic E-state index is 0.144. The van der Waals surface area contributed by atoms with Gasteiger partial charge in [0, 0.05) is 22.7 Å². The summed E-state index contributed by atoms with van der Waals surface area (Å²) in [6.45, 7) is 8.45. The fraction of sp³-hybridized carbons (Fsp3) is 0.444. The summed E-state index contributed by atoms with van der Waals surface area (Å²) in [5, 5.41) is 15.5. The summed E-state index contributed by atoms with van der Waals surface area (Å²) >= 11 is 6.55. The number of halogens is 1. The highest BCUT2D eigenvalue weighted by Crippen LogP contribution is 2.40. The van der Waals surface area contributed by atoms with E-state index in [4.69, 9.17) is 25.8 Å². The number of hydrogen-bond acceptors (Lipinski definition) is 5. The van der Waals surface area contributed by atoms with Gasteiger partial charge in [-0.05, 0) is 72.9 Å². The molecule has 52 heavy (non-hydrogen) atoms. The van der Waals surface area contributed by atoms with E-state index in [1.807, 2.05) is 98.8 Å². The molecule has 0 aliphatic rings. The fourth-order valence-corrected chi connectivity index (χ4v) is 6.69. The van der Waals surface area contributed by atoms with Gasteiger partial charge in [-0.1, -0.05) is 143 Å². The van der Waals surface area contributed by atoms with Crippen molar-refractivity contribution in [3.05, 3.63) is 129 Å². The lowest BCUT2D eigenvalue weighted by Gasteiger charge is -2.31. The number of unbranched alkanes of at least 4 members (excludes halogenated alkanes) is 10. The Morgan fingerprint density at radius 3 is 1.98 bits per heavy atom. The molecule has 0 aromatic heterocycles. The molecule has 0 saturated heterocycles. The zero-order valence-corrected chi connectivity index (χ0v) is 32.2. The Labute approximate surface area is 316 Å². The number of aryl methyl sites for hydroxylation is 1. The summed E-state index contributed by atoms with van der Waals surface area (Å²) in [5.74, 6) is 1.30. The van der Waals surface area contributed by atoms with Crippen molar-refractivity contribution in [1.82, 2.24) is 5.32 Å². The molecule has 1 atom stereocenters. The average molecular weight is 728 g/mol. The lowest BCUT2D eigenvalue weighted by atomic mass is 9.80. The highest BCUT2D eigenvalue weighted by Gasteiger charge is 2.35. The average Bonchev–Trinajstić information content (AvgIpc) is 3.16. The van der Waals surface area contributed by atoms with Crippen molar-refractivity contribution in [1.29, 1.82) is 0 Å². The summed E-state index contributed by atoms with van der Waals surface area (Å²) in [7, 11) is 0. The zero-order chi connectivity index (χ0) is 37.0. The molecule has 0 heterocycles. The Balaban J connectivity index is 1.14. The monoisotopic (exact) mass is 727 g/mol. The number of rotatable bonds is 24. The van der Waals surface area contributed by atoms with E-state index in [-0.39, 0.29) is 5.91 Å². The van der Waals surface area contributed by atoms with Crippen molar-refractivity contribution in [3.63, 3.8) is 0 Å². The number of benzene rings is 4. The van der Waals surface area contributed by atoms with Gasteiger partial charge in [-0.3, -0.25) is 4.79 Å². The van der Waals surface area contributed by atoms with Crippen LogP contribution in [-0.4, -0.2) is 44.0 Å². The molecule has 1 amide bonds. The van der Waals surface area contributed by atoms with Crippen LogP contribution in [0.4, 0.5) is 0 Å². The predicted octanol–water partition coefficient (Wildman–Crippen LogP) is 10.8. The molecular weight excluding hydrogens is 670 g/mol. The van der Waals surface area contributed by atoms with Crippen molar-refractivity contribution in [2.24, 2.45) is 0 Å². The van der Waals surface area contributed by atoms with Crippen LogP contribution in [-0.2, 0) is 10.3 Å². The third-order valence-corrected chi connectivity index (χ3v) is 9.97. The number of ether oxygens (including phenoxy) is 3. The van der Waals surface area contributed by atoms with Gasteiger partial charge in [0.1, 0.15) is 23.7 Å². The van der Waals surface area contributed by atoms with Crippen molar-refractivity contribution in [2.45, 2.75) is 97.0 Å². The van der Waals surface area contributed by atoms with E-state index in [1.54, 1.807) is 6.07 Å². The van der Waals surface area contributed by atoms with Gasteiger partial charge in [0.25, 0.3) is 5.91 Å². The molecule has 0 aliphatic carbocycles. The van der Waals surface area contributed by atoms with Gasteiger partial charge >= 0.3 is 0 Å². The van der Waals surface area contributed by atoms with Crippen molar-refractivity contribution < 1.29 is 24.1 Å². The van der Waals surface area contributed by atoms with Crippen LogP contribution in [0, 0.1) is 13.8 Å². The summed E-state index contributed by atoms with van der Waals surface area (Å²) in [5.41, 5.74) is 3.29. The van der Waals surface area contributed by atoms with Gasteiger partial charge in [-0.2, -0.15) is 0 Å². The smallest absolute Gasteiger partial charge is 0.251 e. The van der Waals surface area contributed by atoms with Crippen molar-refractivity contribution in [3.8, 4) is 11.5 Å². The van der Waals surface area contributed by atoms with Crippen LogP contribution in [0.2, 0.25) is 5.02 Å². The fourth-order valence-electron chi connectivity index (χ4n) is 6.42. The SMILES string of the molecule is CCCCCCCCCCCCCOc1cc(C(=O)NCCOCCOc2ccc(C(O)(c3ccccc3)c3ccccc3Cl)cc2)cc(C)c1C. The van der Waals surface area contributed by atoms with Gasteiger partial charge in [0.2, 0.25) is 0 Å². The van der Waals surface area contributed by atoms with Crippen LogP contribution in [0.5, 0.6) is 11.5 Å². The molecule has 6 nitrogen and oxygen atoms in total. The molecule has 4 aromatic rings. The van der Waals surface area contributed by atoms with E-state index in [2.05, 4.69) is 12.2 Å². The molecule has 0 aliphatic heterocycles. The van der Waals surface area contributed by atoms with Crippen LogP contribution in [0.15, 0.2) is 91.0 Å². The minimum atomic E-state index is -1.43. The molecule has 1 unspecified atom stereocenters. The molecular formula is C45H58ClNO5. The summed E-state index contributed by atoms with van der Waals surface area (Å²) in [4.78, 5) is 12.9. The summed E-state index contributed by atoms with van der Waals surface area (Å²) in [6, 6.07) is 28.0. The van der Waals surface area contributed by atoms with E-state index in [9.17, 15) is 9.90 Å². The Morgan fingerprint density at radius 2 is 1.31 bits per heavy atom.